The summed E-state index contributed by atoms with van der Waals surface area (Å²) in [5.74, 6) is 1.18. The summed E-state index contributed by atoms with van der Waals surface area (Å²) in [6, 6.07) is 15.8. The van der Waals surface area contributed by atoms with Crippen LogP contribution in [-0.4, -0.2) is 54.6 Å². The zero-order valence-electron chi connectivity index (χ0n) is 27.9. The lowest BCUT2D eigenvalue weighted by molar-refractivity contribution is -0.124. The first-order valence-electron chi connectivity index (χ1n) is 15.5. The van der Waals surface area contributed by atoms with Gasteiger partial charge in [-0.15, -0.1) is 0 Å². The van der Waals surface area contributed by atoms with E-state index in [0.29, 0.717) is 35.8 Å². The molecule has 0 spiro atoms. The number of amidine groups is 1. The molecule has 1 aliphatic carbocycles. The SMILES string of the molecule is C=NO/C(=N\CN(CCc1ccc(CC(C)(C)C(C)=O)cc1)CC1(C)C=CC(C(=N)N=C(C)C(C)C)=CC1)c1ccc(Cl)cc1. The Labute approximate surface area is 274 Å². The number of nitrogens with zero attached hydrogens (tertiary/aromatic N) is 4. The van der Waals surface area contributed by atoms with Crippen LogP contribution in [-0.2, 0) is 22.5 Å². The summed E-state index contributed by atoms with van der Waals surface area (Å²) in [6.07, 6.45) is 8.67. The fourth-order valence-electron chi connectivity index (χ4n) is 4.88. The third kappa shape index (κ3) is 11.0. The standard InChI is InChI=1S/C37H48ClN5O2/c1-26(2)27(3)42-34(39)31-17-20-37(7,21-18-31)24-43(25-41-35(45-40-8)32-13-15-33(38)16-14-32)22-19-29-9-11-30(12-10-29)23-36(5,6)28(4)44/h9-18,20,26,39H,8,19,21-25H2,1-7H3/b39-34?,41-35-,42-27?. The van der Waals surface area contributed by atoms with Crippen molar-refractivity contribution in [3.63, 3.8) is 0 Å². The molecule has 8 heteroatoms. The van der Waals surface area contributed by atoms with E-state index in [-0.39, 0.29) is 16.6 Å². The smallest absolute Gasteiger partial charge is 0.252 e. The Hall–Kier alpha value is -3.68. The van der Waals surface area contributed by atoms with E-state index in [1.807, 2.05) is 39.0 Å². The van der Waals surface area contributed by atoms with Crippen molar-refractivity contribution in [3.05, 3.63) is 94.0 Å². The fraction of sp³-hybridized carbons (Fsp3) is 0.432. The average Bonchev–Trinajstić information content (AvgIpc) is 2.99. The fourth-order valence-corrected chi connectivity index (χ4v) is 5.01. The molecule has 0 aliphatic heterocycles. The minimum atomic E-state index is -0.379. The zero-order chi connectivity index (χ0) is 33.2. The van der Waals surface area contributed by atoms with Gasteiger partial charge in [0, 0.05) is 52.5 Å². The number of halogens is 1. The molecule has 0 aromatic heterocycles. The van der Waals surface area contributed by atoms with Crippen molar-refractivity contribution < 1.29 is 9.63 Å². The molecule has 45 heavy (non-hydrogen) atoms. The van der Waals surface area contributed by atoms with E-state index in [0.717, 1.165) is 48.3 Å². The number of ketones is 1. The highest BCUT2D eigenvalue weighted by Gasteiger charge is 2.27. The number of benzene rings is 2. The highest BCUT2D eigenvalue weighted by molar-refractivity contribution is 6.30. The predicted octanol–water partition coefficient (Wildman–Crippen LogP) is 8.37. The Bertz CT molecular complexity index is 1470. The van der Waals surface area contributed by atoms with Gasteiger partial charge in [-0.25, -0.2) is 9.98 Å². The van der Waals surface area contributed by atoms with Gasteiger partial charge in [0.1, 0.15) is 5.78 Å². The third-order valence-electron chi connectivity index (χ3n) is 8.43. The molecule has 0 bridgehead atoms. The van der Waals surface area contributed by atoms with Gasteiger partial charge in [0.05, 0.1) is 6.67 Å². The second kappa shape index (κ2) is 16.1. The number of hydrogen-bond acceptors (Lipinski definition) is 6. The van der Waals surface area contributed by atoms with Gasteiger partial charge < -0.3 is 4.84 Å². The van der Waals surface area contributed by atoms with Gasteiger partial charge in [-0.1, -0.05) is 93.9 Å². The molecule has 0 heterocycles. The van der Waals surface area contributed by atoms with Gasteiger partial charge in [0.15, 0.2) is 5.84 Å². The number of carbonyl (C=O) groups excluding carboxylic acids is 1. The summed E-state index contributed by atoms with van der Waals surface area (Å²) in [5.41, 5.74) is 4.40. The van der Waals surface area contributed by atoms with E-state index < -0.39 is 0 Å². The molecule has 7 nitrogen and oxygen atoms in total. The Kier molecular flexibility index (Phi) is 12.8. The highest BCUT2D eigenvalue weighted by Crippen LogP contribution is 2.31. The van der Waals surface area contributed by atoms with Crippen molar-refractivity contribution in [1.29, 1.82) is 5.41 Å². The van der Waals surface area contributed by atoms with Gasteiger partial charge >= 0.3 is 0 Å². The van der Waals surface area contributed by atoms with Crippen LogP contribution >= 0.6 is 11.6 Å². The molecule has 0 radical (unpaired) electrons. The first-order chi connectivity index (χ1) is 21.2. The third-order valence-corrected chi connectivity index (χ3v) is 8.68. The van der Waals surface area contributed by atoms with Crippen molar-refractivity contribution in [2.24, 2.45) is 31.9 Å². The molecule has 1 N–H and O–H groups in total. The Balaban J connectivity index is 1.79. The minimum absolute atomic E-state index is 0.157. The van der Waals surface area contributed by atoms with Crippen LogP contribution in [0, 0.1) is 22.2 Å². The van der Waals surface area contributed by atoms with Gasteiger partial charge in [0.25, 0.3) is 5.90 Å². The van der Waals surface area contributed by atoms with E-state index in [2.05, 4.69) is 79.0 Å². The van der Waals surface area contributed by atoms with Crippen LogP contribution in [0.3, 0.4) is 0 Å². The summed E-state index contributed by atoms with van der Waals surface area (Å²) in [5, 5.41) is 12.7. The maximum Gasteiger partial charge on any atom is 0.252 e. The molecule has 0 fully saturated rings. The molecule has 1 unspecified atom stereocenters. The van der Waals surface area contributed by atoms with Crippen LogP contribution < -0.4 is 0 Å². The predicted molar refractivity (Wildman–Crippen MR) is 189 cm³/mol. The van der Waals surface area contributed by atoms with E-state index in [1.165, 1.54) is 5.56 Å². The van der Waals surface area contributed by atoms with Gasteiger partial charge in [-0.3, -0.25) is 15.1 Å². The number of oxime groups is 1. The van der Waals surface area contributed by atoms with Crippen LogP contribution in [0.5, 0.6) is 0 Å². The lowest BCUT2D eigenvalue weighted by Gasteiger charge is -2.34. The zero-order valence-corrected chi connectivity index (χ0v) is 28.6. The first kappa shape index (κ1) is 35.8. The van der Waals surface area contributed by atoms with Crippen molar-refractivity contribution in [2.45, 2.75) is 67.7 Å². The van der Waals surface area contributed by atoms with Crippen LogP contribution in [0.4, 0.5) is 0 Å². The van der Waals surface area contributed by atoms with Crippen molar-refractivity contribution in [3.8, 4) is 0 Å². The second-order valence-electron chi connectivity index (χ2n) is 13.2. The van der Waals surface area contributed by atoms with Crippen LogP contribution in [0.1, 0.15) is 71.6 Å². The largest absolute Gasteiger partial charge is 0.337 e. The Morgan fingerprint density at radius 3 is 2.31 bits per heavy atom. The summed E-state index contributed by atoms with van der Waals surface area (Å²) in [4.78, 5) is 29.1. The Morgan fingerprint density at radius 1 is 1.11 bits per heavy atom. The normalized spacial score (nSPS) is 17.4. The maximum absolute atomic E-state index is 12.0. The van der Waals surface area contributed by atoms with Crippen molar-refractivity contribution >= 4 is 41.5 Å². The highest BCUT2D eigenvalue weighted by atomic mass is 35.5. The van der Waals surface area contributed by atoms with Gasteiger partial charge in [-0.05, 0) is 74.4 Å². The number of allylic oxidation sites excluding steroid dienone is 1. The molecule has 2 aromatic carbocycles. The monoisotopic (exact) mass is 629 g/mol. The van der Waals surface area contributed by atoms with E-state index in [1.54, 1.807) is 19.1 Å². The molecule has 1 atom stereocenters. The molecular formula is C37H48ClN5O2. The van der Waals surface area contributed by atoms with Crippen molar-refractivity contribution in [1.82, 2.24) is 4.90 Å². The molecular weight excluding hydrogens is 582 g/mol. The maximum atomic E-state index is 12.0. The molecule has 240 valence electrons. The number of nitrogens with one attached hydrogen (secondary N) is 1. The molecule has 0 saturated heterocycles. The molecule has 1 aliphatic rings. The van der Waals surface area contributed by atoms with E-state index >= 15 is 0 Å². The lowest BCUT2D eigenvalue weighted by Crippen LogP contribution is -2.37. The summed E-state index contributed by atoms with van der Waals surface area (Å²) < 4.78 is 0. The Morgan fingerprint density at radius 2 is 1.76 bits per heavy atom. The van der Waals surface area contributed by atoms with E-state index in [4.69, 9.17) is 26.8 Å². The minimum Gasteiger partial charge on any atom is -0.337 e. The number of carbonyl (C=O) groups is 1. The molecule has 2 aromatic rings. The number of hydrogen-bond donors (Lipinski definition) is 1. The van der Waals surface area contributed by atoms with Crippen LogP contribution in [0.25, 0.3) is 0 Å². The quantitative estimate of drug-likeness (QED) is 0.129. The number of aliphatic imine (C=N–C) groups is 2. The average molecular weight is 630 g/mol. The van der Waals surface area contributed by atoms with Gasteiger partial charge in [0.2, 0.25) is 0 Å². The number of rotatable bonds is 14. The summed E-state index contributed by atoms with van der Waals surface area (Å²) in [7, 11) is 0. The first-order valence-corrected chi connectivity index (χ1v) is 15.9. The summed E-state index contributed by atoms with van der Waals surface area (Å²) >= 11 is 6.10. The lowest BCUT2D eigenvalue weighted by atomic mass is 9.81. The van der Waals surface area contributed by atoms with Gasteiger partial charge in [-0.2, -0.15) is 0 Å². The van der Waals surface area contributed by atoms with Crippen LogP contribution in [0.2, 0.25) is 5.02 Å². The van der Waals surface area contributed by atoms with Crippen LogP contribution in [0.15, 0.2) is 87.5 Å². The molecule has 0 saturated carbocycles. The molecule has 3 rings (SSSR count). The second-order valence-corrected chi connectivity index (χ2v) is 13.6. The number of Topliss-reactive ketones (excluding diaryl/α,β-unsaturated/α-hetero) is 1. The summed E-state index contributed by atoms with van der Waals surface area (Å²) in [6.45, 7) is 19.4. The molecule has 0 amide bonds. The van der Waals surface area contributed by atoms with Crippen molar-refractivity contribution in [2.75, 3.05) is 19.8 Å². The van der Waals surface area contributed by atoms with E-state index in [9.17, 15) is 4.79 Å². The topological polar surface area (TPSA) is 90.5 Å².